The topological polar surface area (TPSA) is 29.5 Å². The number of para-hydroxylation sites is 1. The fourth-order valence-corrected chi connectivity index (χ4v) is 3.06. The number of likely N-dealkylation sites (N-methyl/N-ethyl adjacent to an activating group) is 1. The third-order valence-electron chi connectivity index (χ3n) is 2.82. The van der Waals surface area contributed by atoms with Crippen LogP contribution in [0, 0.1) is 0 Å². The molecule has 0 aromatic heterocycles. The molecule has 0 fully saturated rings. The van der Waals surface area contributed by atoms with E-state index in [1.54, 1.807) is 19.2 Å². The van der Waals surface area contributed by atoms with E-state index in [1.807, 2.05) is 30.3 Å². The van der Waals surface area contributed by atoms with Crippen molar-refractivity contribution < 1.29 is 9.53 Å². The molecule has 110 valence electrons. The maximum atomic E-state index is 12.1. The Morgan fingerprint density at radius 3 is 2.52 bits per heavy atom. The molecule has 21 heavy (non-hydrogen) atoms. The lowest BCUT2D eigenvalue weighted by molar-refractivity contribution is -0.120. The van der Waals surface area contributed by atoms with Gasteiger partial charge in [0.05, 0.1) is 9.50 Å². The number of nitrogens with zero attached hydrogens (tertiary/aromatic N) is 1. The van der Waals surface area contributed by atoms with Crippen molar-refractivity contribution >= 4 is 50.7 Å². The first-order valence-electron chi connectivity index (χ1n) is 6.08. The number of amides is 1. The van der Waals surface area contributed by atoms with Crippen LogP contribution in [0.3, 0.4) is 0 Å². The molecule has 0 atom stereocenters. The predicted octanol–water partition coefficient (Wildman–Crippen LogP) is 4.80. The van der Waals surface area contributed by atoms with Gasteiger partial charge in [0.15, 0.2) is 12.4 Å². The average molecular weight is 389 g/mol. The Hall–Kier alpha value is -1.23. The van der Waals surface area contributed by atoms with Crippen LogP contribution in [-0.4, -0.2) is 19.6 Å². The Labute approximate surface area is 141 Å². The fraction of sp³-hybridized carbons (Fsp3) is 0.133. The van der Waals surface area contributed by atoms with Gasteiger partial charge >= 0.3 is 0 Å². The van der Waals surface area contributed by atoms with E-state index in [0.717, 1.165) is 5.69 Å². The second kappa shape index (κ2) is 7.16. The second-order valence-corrected chi connectivity index (χ2v) is 5.97. The molecule has 6 heteroatoms. The molecule has 0 spiro atoms. The number of ether oxygens (including phenoxy) is 1. The van der Waals surface area contributed by atoms with Gasteiger partial charge in [-0.25, -0.2) is 0 Å². The van der Waals surface area contributed by atoms with Crippen molar-refractivity contribution in [3.8, 4) is 5.75 Å². The van der Waals surface area contributed by atoms with E-state index >= 15 is 0 Å². The van der Waals surface area contributed by atoms with Crippen molar-refractivity contribution in [3.05, 3.63) is 57.0 Å². The molecule has 0 saturated carbocycles. The van der Waals surface area contributed by atoms with E-state index in [-0.39, 0.29) is 12.5 Å². The summed E-state index contributed by atoms with van der Waals surface area (Å²) in [7, 11) is 1.69. The van der Waals surface area contributed by atoms with Crippen LogP contribution in [0.1, 0.15) is 0 Å². The minimum atomic E-state index is -0.181. The van der Waals surface area contributed by atoms with Gasteiger partial charge in [0.1, 0.15) is 0 Å². The summed E-state index contributed by atoms with van der Waals surface area (Å²) in [5, 5.41) is 0.844. The molecular weight excluding hydrogens is 377 g/mol. The normalized spacial score (nSPS) is 10.3. The van der Waals surface area contributed by atoms with Crippen molar-refractivity contribution in [1.29, 1.82) is 0 Å². The number of anilines is 1. The van der Waals surface area contributed by atoms with Crippen LogP contribution in [0.5, 0.6) is 5.75 Å². The molecule has 0 aliphatic carbocycles. The Kier molecular flexibility index (Phi) is 5.51. The van der Waals surface area contributed by atoms with Crippen LogP contribution in [-0.2, 0) is 4.79 Å². The highest BCUT2D eigenvalue weighted by atomic mass is 79.9. The van der Waals surface area contributed by atoms with Crippen LogP contribution in [0.4, 0.5) is 5.69 Å². The number of carbonyl (C=O) groups is 1. The molecule has 0 aliphatic heterocycles. The highest BCUT2D eigenvalue weighted by molar-refractivity contribution is 9.10. The Morgan fingerprint density at radius 1 is 1.24 bits per heavy atom. The number of hydrogen-bond acceptors (Lipinski definition) is 2. The molecule has 0 radical (unpaired) electrons. The lowest BCUT2D eigenvalue weighted by Gasteiger charge is -2.18. The maximum absolute atomic E-state index is 12.1. The van der Waals surface area contributed by atoms with Crippen molar-refractivity contribution in [2.75, 3.05) is 18.6 Å². The standard InChI is InChI=1S/C15H12BrCl2NO2/c1-19(11-5-3-2-4-6-11)14(20)9-21-15-12(16)7-10(17)8-13(15)18/h2-8H,9H2,1H3. The summed E-state index contributed by atoms with van der Waals surface area (Å²) in [6.07, 6.45) is 0. The summed E-state index contributed by atoms with van der Waals surface area (Å²) in [5.74, 6) is 0.218. The summed E-state index contributed by atoms with van der Waals surface area (Å²) >= 11 is 15.2. The van der Waals surface area contributed by atoms with Gasteiger partial charge in [0, 0.05) is 17.8 Å². The van der Waals surface area contributed by atoms with Crippen molar-refractivity contribution in [3.63, 3.8) is 0 Å². The third-order valence-corrected chi connectivity index (χ3v) is 3.91. The largest absolute Gasteiger partial charge is 0.481 e. The first-order valence-corrected chi connectivity index (χ1v) is 7.63. The molecule has 1 amide bonds. The van der Waals surface area contributed by atoms with Gasteiger partial charge in [-0.15, -0.1) is 0 Å². The lowest BCUT2D eigenvalue weighted by atomic mass is 10.3. The van der Waals surface area contributed by atoms with E-state index in [9.17, 15) is 4.79 Å². The molecule has 0 saturated heterocycles. The number of benzene rings is 2. The molecule has 2 rings (SSSR count). The minimum Gasteiger partial charge on any atom is -0.481 e. The number of carbonyl (C=O) groups excluding carboxylic acids is 1. The molecule has 2 aromatic rings. The molecular formula is C15H12BrCl2NO2. The van der Waals surface area contributed by atoms with Gasteiger partial charge in [-0.3, -0.25) is 4.79 Å². The van der Waals surface area contributed by atoms with Gasteiger partial charge < -0.3 is 9.64 Å². The van der Waals surface area contributed by atoms with Crippen LogP contribution in [0.25, 0.3) is 0 Å². The van der Waals surface area contributed by atoms with Gasteiger partial charge in [-0.2, -0.15) is 0 Å². The molecule has 2 aromatic carbocycles. The van der Waals surface area contributed by atoms with Crippen LogP contribution in [0.2, 0.25) is 10.0 Å². The lowest BCUT2D eigenvalue weighted by Crippen LogP contribution is -2.31. The number of halogens is 3. The summed E-state index contributed by atoms with van der Waals surface area (Å²) < 4.78 is 6.10. The highest BCUT2D eigenvalue weighted by Crippen LogP contribution is 2.36. The number of rotatable bonds is 4. The quantitative estimate of drug-likeness (QED) is 0.752. The SMILES string of the molecule is CN(C(=O)COc1c(Cl)cc(Cl)cc1Br)c1ccccc1. The van der Waals surface area contributed by atoms with E-state index < -0.39 is 0 Å². The van der Waals surface area contributed by atoms with Crippen LogP contribution >= 0.6 is 39.1 Å². The second-order valence-electron chi connectivity index (χ2n) is 4.28. The monoisotopic (exact) mass is 387 g/mol. The number of hydrogen-bond donors (Lipinski definition) is 0. The minimum absolute atomic E-state index is 0.120. The van der Waals surface area contributed by atoms with Crippen molar-refractivity contribution in [2.45, 2.75) is 0 Å². The summed E-state index contributed by atoms with van der Waals surface area (Å²) in [5.41, 5.74) is 0.798. The highest BCUT2D eigenvalue weighted by Gasteiger charge is 2.14. The average Bonchev–Trinajstić information content (AvgIpc) is 2.46. The molecule has 0 N–H and O–H groups in total. The van der Waals surface area contributed by atoms with E-state index in [2.05, 4.69) is 15.9 Å². The van der Waals surface area contributed by atoms with E-state index in [4.69, 9.17) is 27.9 Å². The summed E-state index contributed by atoms with van der Waals surface area (Å²) in [6, 6.07) is 12.6. The molecule has 0 aliphatic rings. The Morgan fingerprint density at radius 2 is 1.90 bits per heavy atom. The Bertz CT molecular complexity index is 626. The fourth-order valence-electron chi connectivity index (χ4n) is 1.69. The zero-order chi connectivity index (χ0) is 15.4. The molecule has 0 heterocycles. The van der Waals surface area contributed by atoms with Crippen LogP contribution in [0.15, 0.2) is 46.9 Å². The van der Waals surface area contributed by atoms with Gasteiger partial charge in [0.2, 0.25) is 0 Å². The van der Waals surface area contributed by atoms with E-state index in [1.165, 1.54) is 4.90 Å². The molecule has 0 bridgehead atoms. The van der Waals surface area contributed by atoms with Crippen molar-refractivity contribution in [1.82, 2.24) is 0 Å². The third kappa shape index (κ3) is 4.13. The smallest absolute Gasteiger partial charge is 0.264 e. The van der Waals surface area contributed by atoms with Crippen molar-refractivity contribution in [2.24, 2.45) is 0 Å². The first-order chi connectivity index (χ1) is 9.99. The Balaban J connectivity index is 2.05. The zero-order valence-electron chi connectivity index (χ0n) is 11.1. The van der Waals surface area contributed by atoms with Crippen LogP contribution < -0.4 is 9.64 Å². The van der Waals surface area contributed by atoms with Gasteiger partial charge in [0.25, 0.3) is 5.91 Å². The zero-order valence-corrected chi connectivity index (χ0v) is 14.2. The molecule has 0 unspecified atom stereocenters. The predicted molar refractivity (Wildman–Crippen MR) is 89.5 cm³/mol. The van der Waals surface area contributed by atoms with E-state index in [0.29, 0.717) is 20.3 Å². The van der Waals surface area contributed by atoms with Gasteiger partial charge in [-0.05, 0) is 40.2 Å². The summed E-state index contributed by atoms with van der Waals surface area (Å²) in [4.78, 5) is 13.6. The summed E-state index contributed by atoms with van der Waals surface area (Å²) in [6.45, 7) is -0.120. The molecule has 3 nitrogen and oxygen atoms in total. The first kappa shape index (κ1) is 16.1. The van der Waals surface area contributed by atoms with Gasteiger partial charge in [-0.1, -0.05) is 41.4 Å². The maximum Gasteiger partial charge on any atom is 0.264 e.